The van der Waals surface area contributed by atoms with Gasteiger partial charge in [0.25, 0.3) is 0 Å². The number of nitrogens with zero attached hydrogens (tertiary/aromatic N) is 2. The summed E-state index contributed by atoms with van der Waals surface area (Å²) in [7, 11) is 0. The van der Waals surface area contributed by atoms with Gasteiger partial charge in [-0.15, -0.1) is 5.10 Å². The fourth-order valence-electron chi connectivity index (χ4n) is 2.64. The molecule has 0 spiro atoms. The number of aryl methyl sites for hydroxylation is 1. The van der Waals surface area contributed by atoms with Crippen LogP contribution in [0.25, 0.3) is 0 Å². The molecule has 0 aliphatic heterocycles. The van der Waals surface area contributed by atoms with Gasteiger partial charge in [0.1, 0.15) is 0 Å². The van der Waals surface area contributed by atoms with Crippen LogP contribution in [0.1, 0.15) is 50.9 Å². The molecule has 0 N–H and O–H groups in total. The first kappa shape index (κ1) is 20.6. The van der Waals surface area contributed by atoms with Gasteiger partial charge in [-0.25, -0.2) is 0 Å². The number of rotatable bonds is 9. The molecular weight excluding hydrogens is 375 g/mol. The Bertz CT molecular complexity index is 746. The molecule has 2 aromatic rings. The first-order valence-corrected chi connectivity index (χ1v) is 9.53. The standard InChI is InChI=1S/C19H24Cl2N2O3/c1-4-10-26-18-12-15(7-9-19(24)25-5-2)23(22-18)13(3)16-8-6-14(20)11-17(16)21/h6,8,11-13H,4-5,7,9-10H2,1-3H3. The highest BCUT2D eigenvalue weighted by Crippen LogP contribution is 2.30. The number of carbonyl (C=O) groups excluding carboxylic acids is 1. The van der Waals surface area contributed by atoms with Crippen LogP contribution in [0.3, 0.4) is 0 Å². The molecule has 0 saturated carbocycles. The minimum absolute atomic E-state index is 0.129. The van der Waals surface area contributed by atoms with E-state index in [1.807, 2.05) is 30.7 Å². The van der Waals surface area contributed by atoms with E-state index in [2.05, 4.69) is 5.10 Å². The smallest absolute Gasteiger partial charge is 0.306 e. The van der Waals surface area contributed by atoms with Gasteiger partial charge in [-0.2, -0.15) is 0 Å². The third-order valence-electron chi connectivity index (χ3n) is 3.91. The number of hydrogen-bond acceptors (Lipinski definition) is 4. The Kier molecular flexibility index (Phi) is 7.79. The minimum atomic E-state index is -0.228. The monoisotopic (exact) mass is 398 g/mol. The van der Waals surface area contributed by atoms with E-state index in [0.29, 0.717) is 35.6 Å². The van der Waals surface area contributed by atoms with Gasteiger partial charge in [0.05, 0.1) is 25.7 Å². The normalized spacial score (nSPS) is 12.0. The lowest BCUT2D eigenvalue weighted by molar-refractivity contribution is -0.143. The molecule has 0 radical (unpaired) electrons. The number of ether oxygens (including phenoxy) is 2. The van der Waals surface area contributed by atoms with E-state index in [1.54, 1.807) is 19.1 Å². The maximum absolute atomic E-state index is 11.7. The Balaban J connectivity index is 2.28. The van der Waals surface area contributed by atoms with Crippen molar-refractivity contribution in [3.63, 3.8) is 0 Å². The molecular formula is C19H24Cl2N2O3. The Morgan fingerprint density at radius 3 is 2.69 bits per heavy atom. The molecule has 0 fully saturated rings. The van der Waals surface area contributed by atoms with E-state index in [0.717, 1.165) is 17.7 Å². The lowest BCUT2D eigenvalue weighted by atomic mass is 10.1. The van der Waals surface area contributed by atoms with Crippen LogP contribution < -0.4 is 4.74 Å². The largest absolute Gasteiger partial charge is 0.477 e. The van der Waals surface area contributed by atoms with Crippen molar-refractivity contribution in [1.29, 1.82) is 0 Å². The molecule has 0 bridgehead atoms. The van der Waals surface area contributed by atoms with Gasteiger partial charge in [0.15, 0.2) is 0 Å². The van der Waals surface area contributed by atoms with Crippen molar-refractivity contribution in [1.82, 2.24) is 9.78 Å². The lowest BCUT2D eigenvalue weighted by Crippen LogP contribution is -2.14. The van der Waals surface area contributed by atoms with Crippen molar-refractivity contribution >= 4 is 29.2 Å². The van der Waals surface area contributed by atoms with Crippen molar-refractivity contribution in [3.05, 3.63) is 45.6 Å². The summed E-state index contributed by atoms with van der Waals surface area (Å²) in [6, 6.07) is 7.14. The van der Waals surface area contributed by atoms with Crippen LogP contribution in [0.5, 0.6) is 5.88 Å². The van der Waals surface area contributed by atoms with Crippen molar-refractivity contribution in [2.75, 3.05) is 13.2 Å². The number of aromatic nitrogens is 2. The molecule has 142 valence electrons. The van der Waals surface area contributed by atoms with Gasteiger partial charge in [0, 0.05) is 21.8 Å². The van der Waals surface area contributed by atoms with Crippen LogP contribution in [-0.4, -0.2) is 29.0 Å². The molecule has 0 aliphatic carbocycles. The molecule has 1 unspecified atom stereocenters. The number of halogens is 2. The second-order valence-electron chi connectivity index (χ2n) is 5.91. The summed E-state index contributed by atoms with van der Waals surface area (Å²) in [5.74, 6) is 0.316. The van der Waals surface area contributed by atoms with Gasteiger partial charge < -0.3 is 9.47 Å². The van der Waals surface area contributed by atoms with E-state index in [9.17, 15) is 4.79 Å². The average molecular weight is 399 g/mol. The predicted octanol–water partition coefficient (Wildman–Crippen LogP) is 5.08. The van der Waals surface area contributed by atoms with Crippen LogP contribution in [0.15, 0.2) is 24.3 Å². The van der Waals surface area contributed by atoms with Crippen LogP contribution >= 0.6 is 23.2 Å². The van der Waals surface area contributed by atoms with Gasteiger partial charge in [-0.3, -0.25) is 9.48 Å². The van der Waals surface area contributed by atoms with E-state index < -0.39 is 0 Å². The molecule has 1 heterocycles. The molecule has 2 rings (SSSR count). The number of carbonyl (C=O) groups is 1. The van der Waals surface area contributed by atoms with Crippen molar-refractivity contribution in [2.45, 2.75) is 46.1 Å². The van der Waals surface area contributed by atoms with Gasteiger partial charge in [-0.05, 0) is 44.4 Å². The van der Waals surface area contributed by atoms with Crippen LogP contribution in [0.2, 0.25) is 10.0 Å². The fourth-order valence-corrected chi connectivity index (χ4v) is 3.21. The Labute approximate surface area is 164 Å². The van der Waals surface area contributed by atoms with Crippen molar-refractivity contribution in [2.24, 2.45) is 0 Å². The molecule has 1 aromatic carbocycles. The Morgan fingerprint density at radius 2 is 2.04 bits per heavy atom. The zero-order valence-electron chi connectivity index (χ0n) is 15.3. The molecule has 0 amide bonds. The molecule has 5 nitrogen and oxygen atoms in total. The first-order chi connectivity index (χ1) is 12.5. The molecule has 0 saturated heterocycles. The zero-order chi connectivity index (χ0) is 19.1. The summed E-state index contributed by atoms with van der Waals surface area (Å²) in [5, 5.41) is 5.72. The van der Waals surface area contributed by atoms with E-state index >= 15 is 0 Å². The average Bonchev–Trinajstić information content (AvgIpc) is 3.01. The van der Waals surface area contributed by atoms with Crippen LogP contribution in [0, 0.1) is 0 Å². The Morgan fingerprint density at radius 1 is 1.27 bits per heavy atom. The van der Waals surface area contributed by atoms with E-state index in [4.69, 9.17) is 32.7 Å². The topological polar surface area (TPSA) is 53.4 Å². The van der Waals surface area contributed by atoms with Gasteiger partial charge >= 0.3 is 5.97 Å². The van der Waals surface area contributed by atoms with Gasteiger partial charge in [0.2, 0.25) is 5.88 Å². The van der Waals surface area contributed by atoms with E-state index in [1.165, 1.54) is 0 Å². The first-order valence-electron chi connectivity index (χ1n) is 8.78. The number of hydrogen-bond donors (Lipinski definition) is 0. The third-order valence-corrected chi connectivity index (χ3v) is 4.48. The summed E-state index contributed by atoms with van der Waals surface area (Å²) in [6.07, 6.45) is 1.69. The summed E-state index contributed by atoms with van der Waals surface area (Å²) in [4.78, 5) is 11.7. The zero-order valence-corrected chi connectivity index (χ0v) is 16.8. The predicted molar refractivity (Wildman–Crippen MR) is 103 cm³/mol. The molecule has 0 aliphatic rings. The minimum Gasteiger partial charge on any atom is -0.477 e. The second-order valence-corrected chi connectivity index (χ2v) is 6.76. The summed E-state index contributed by atoms with van der Waals surface area (Å²) in [5.41, 5.74) is 1.79. The Hall–Kier alpha value is -1.72. The van der Waals surface area contributed by atoms with E-state index in [-0.39, 0.29) is 18.4 Å². The maximum atomic E-state index is 11.7. The number of esters is 1. The highest BCUT2D eigenvalue weighted by molar-refractivity contribution is 6.35. The fraction of sp³-hybridized carbons (Fsp3) is 0.474. The van der Waals surface area contributed by atoms with Crippen molar-refractivity contribution in [3.8, 4) is 5.88 Å². The van der Waals surface area contributed by atoms with Crippen molar-refractivity contribution < 1.29 is 14.3 Å². The summed E-state index contributed by atoms with van der Waals surface area (Å²) < 4.78 is 12.5. The summed E-state index contributed by atoms with van der Waals surface area (Å²) in [6.45, 7) is 6.79. The second kappa shape index (κ2) is 9.83. The lowest BCUT2D eigenvalue weighted by Gasteiger charge is -2.17. The molecule has 1 aromatic heterocycles. The highest BCUT2D eigenvalue weighted by Gasteiger charge is 2.19. The maximum Gasteiger partial charge on any atom is 0.306 e. The van der Waals surface area contributed by atoms with Gasteiger partial charge in [-0.1, -0.05) is 36.2 Å². The quantitative estimate of drug-likeness (QED) is 0.552. The molecule has 7 heteroatoms. The SMILES string of the molecule is CCCOc1cc(CCC(=O)OCC)n(C(C)c2ccc(Cl)cc2Cl)n1. The molecule has 1 atom stereocenters. The highest BCUT2D eigenvalue weighted by atomic mass is 35.5. The van der Waals surface area contributed by atoms with Crippen LogP contribution in [-0.2, 0) is 16.0 Å². The summed E-state index contributed by atoms with van der Waals surface area (Å²) >= 11 is 12.4. The van der Waals surface area contributed by atoms with Crippen LogP contribution in [0.4, 0.5) is 0 Å². The molecule has 26 heavy (non-hydrogen) atoms. The number of benzene rings is 1. The third kappa shape index (κ3) is 5.39.